The number of likely N-dealkylation sites (tertiary alicyclic amines) is 1. The first-order chi connectivity index (χ1) is 16.7. The average Bonchev–Trinajstić information content (AvgIpc) is 2.89. The Morgan fingerprint density at radius 1 is 0.824 bits per heavy atom. The molecule has 2 saturated heterocycles. The van der Waals surface area contributed by atoms with Crippen molar-refractivity contribution in [2.45, 2.75) is 25.9 Å². The molecule has 0 saturated carbocycles. The van der Waals surface area contributed by atoms with Crippen LogP contribution in [0.2, 0.25) is 0 Å². The average molecular weight is 459 g/mol. The van der Waals surface area contributed by atoms with E-state index in [1.54, 1.807) is 7.11 Å². The van der Waals surface area contributed by atoms with Gasteiger partial charge in [0.05, 0.1) is 7.11 Å². The van der Waals surface area contributed by atoms with Gasteiger partial charge in [-0.2, -0.15) is 0 Å². The Labute approximate surface area is 202 Å². The number of nitrogens with zero attached hydrogens (tertiary/aromatic N) is 4. The third-order valence-electron chi connectivity index (χ3n) is 7.29. The molecule has 34 heavy (non-hydrogen) atoms. The van der Waals surface area contributed by atoms with Crippen LogP contribution in [0.4, 0.5) is 0 Å². The van der Waals surface area contributed by atoms with Gasteiger partial charge in [0.25, 0.3) is 0 Å². The molecule has 0 N–H and O–H groups in total. The van der Waals surface area contributed by atoms with E-state index in [-0.39, 0.29) is 5.92 Å². The fourth-order valence-electron chi connectivity index (χ4n) is 5.23. The minimum Gasteiger partial charge on any atom is -0.497 e. The van der Waals surface area contributed by atoms with Gasteiger partial charge in [-0.3, -0.25) is 19.6 Å². The van der Waals surface area contributed by atoms with E-state index in [1.807, 2.05) is 18.5 Å². The molecule has 2 fully saturated rings. The smallest absolute Gasteiger partial charge is 0.225 e. The summed E-state index contributed by atoms with van der Waals surface area (Å²) in [6.07, 6.45) is 5.63. The summed E-state index contributed by atoms with van der Waals surface area (Å²) in [5.74, 6) is 1.43. The summed E-state index contributed by atoms with van der Waals surface area (Å²) >= 11 is 0. The zero-order valence-electron chi connectivity index (χ0n) is 20.0. The zero-order chi connectivity index (χ0) is 23.3. The molecule has 5 rings (SSSR count). The Morgan fingerprint density at radius 3 is 2.21 bits per heavy atom. The summed E-state index contributed by atoms with van der Waals surface area (Å²) in [5.41, 5.74) is 2.61. The van der Waals surface area contributed by atoms with Crippen LogP contribution < -0.4 is 4.74 Å². The summed E-state index contributed by atoms with van der Waals surface area (Å²) < 4.78 is 5.33. The lowest BCUT2D eigenvalue weighted by Gasteiger charge is -2.38. The maximum absolute atomic E-state index is 13.2. The number of aromatic nitrogens is 1. The van der Waals surface area contributed by atoms with Crippen LogP contribution in [0.25, 0.3) is 10.8 Å². The highest BCUT2D eigenvalue weighted by Gasteiger charge is 2.30. The number of benzene rings is 2. The molecule has 1 amide bonds. The molecule has 0 spiro atoms. The van der Waals surface area contributed by atoms with Crippen molar-refractivity contribution in [1.29, 1.82) is 0 Å². The van der Waals surface area contributed by atoms with Gasteiger partial charge < -0.3 is 9.64 Å². The Morgan fingerprint density at radius 2 is 1.47 bits per heavy atom. The normalized spacial score (nSPS) is 18.3. The summed E-state index contributed by atoms with van der Waals surface area (Å²) in [6, 6.07) is 17.0. The molecule has 1 aromatic heterocycles. The van der Waals surface area contributed by atoms with Gasteiger partial charge in [0.1, 0.15) is 5.75 Å². The highest BCUT2D eigenvalue weighted by molar-refractivity contribution is 5.84. The van der Waals surface area contributed by atoms with Gasteiger partial charge in [-0.15, -0.1) is 0 Å². The number of piperidine rings is 1. The first-order valence-electron chi connectivity index (χ1n) is 12.4. The van der Waals surface area contributed by atoms with Crippen molar-refractivity contribution >= 4 is 16.7 Å². The van der Waals surface area contributed by atoms with Crippen molar-refractivity contribution in [3.63, 3.8) is 0 Å². The van der Waals surface area contributed by atoms with E-state index < -0.39 is 0 Å². The molecule has 0 atom stereocenters. The van der Waals surface area contributed by atoms with E-state index in [2.05, 4.69) is 62.1 Å². The van der Waals surface area contributed by atoms with Gasteiger partial charge in [-0.1, -0.05) is 18.2 Å². The first kappa shape index (κ1) is 22.8. The van der Waals surface area contributed by atoms with Crippen LogP contribution in [0.1, 0.15) is 24.0 Å². The van der Waals surface area contributed by atoms with E-state index >= 15 is 0 Å². The highest BCUT2D eigenvalue weighted by Crippen LogP contribution is 2.24. The molecule has 3 heterocycles. The van der Waals surface area contributed by atoms with Gasteiger partial charge in [0.15, 0.2) is 0 Å². The van der Waals surface area contributed by atoms with E-state index in [4.69, 9.17) is 4.74 Å². The minimum atomic E-state index is 0.178. The predicted octanol–water partition coefficient (Wildman–Crippen LogP) is 3.80. The van der Waals surface area contributed by atoms with Crippen LogP contribution in [-0.4, -0.2) is 72.0 Å². The van der Waals surface area contributed by atoms with Crippen molar-refractivity contribution < 1.29 is 9.53 Å². The number of pyridine rings is 1. The Bertz CT molecular complexity index is 1100. The Hall–Kier alpha value is -2.96. The number of rotatable bonds is 6. The van der Waals surface area contributed by atoms with Crippen molar-refractivity contribution in [3.05, 3.63) is 72.1 Å². The molecule has 0 bridgehead atoms. The number of ether oxygens (including phenoxy) is 1. The third kappa shape index (κ3) is 5.40. The molecule has 6 nitrogen and oxygen atoms in total. The monoisotopic (exact) mass is 458 g/mol. The molecule has 2 aliphatic heterocycles. The van der Waals surface area contributed by atoms with E-state index in [0.29, 0.717) is 5.91 Å². The van der Waals surface area contributed by atoms with Crippen LogP contribution in [0.15, 0.2) is 60.9 Å². The van der Waals surface area contributed by atoms with Crippen LogP contribution >= 0.6 is 0 Å². The first-order valence-corrected chi connectivity index (χ1v) is 12.4. The molecule has 0 aliphatic carbocycles. The van der Waals surface area contributed by atoms with Crippen LogP contribution in [0.3, 0.4) is 0 Å². The van der Waals surface area contributed by atoms with Crippen molar-refractivity contribution in [1.82, 2.24) is 19.7 Å². The second-order valence-corrected chi connectivity index (χ2v) is 9.55. The number of carbonyl (C=O) groups is 1. The predicted molar refractivity (Wildman–Crippen MR) is 135 cm³/mol. The van der Waals surface area contributed by atoms with E-state index in [9.17, 15) is 4.79 Å². The lowest BCUT2D eigenvalue weighted by Crippen LogP contribution is -2.51. The Kier molecular flexibility index (Phi) is 7.07. The fraction of sp³-hybridized carbons (Fsp3) is 0.429. The standard InChI is InChI=1S/C28H34N4O2/c1-34-27-5-4-25-18-23(2-3-26(25)19-27)21-31-14-16-32(17-15-31)28(33)24-8-12-30(13-9-24)20-22-6-10-29-11-7-22/h2-7,10-11,18-19,24H,8-9,12-17,20-21H2,1H3. The molecule has 0 unspecified atom stereocenters. The van der Waals surface area contributed by atoms with Gasteiger partial charge in [0, 0.05) is 57.6 Å². The second-order valence-electron chi connectivity index (χ2n) is 9.55. The summed E-state index contributed by atoms with van der Waals surface area (Å²) in [7, 11) is 1.70. The van der Waals surface area contributed by atoms with Crippen LogP contribution in [0.5, 0.6) is 5.75 Å². The van der Waals surface area contributed by atoms with Crippen molar-refractivity contribution in [3.8, 4) is 5.75 Å². The van der Waals surface area contributed by atoms with Gasteiger partial charge in [-0.25, -0.2) is 0 Å². The van der Waals surface area contributed by atoms with Gasteiger partial charge >= 0.3 is 0 Å². The van der Waals surface area contributed by atoms with Gasteiger partial charge in [0.2, 0.25) is 5.91 Å². The number of amides is 1. The lowest BCUT2D eigenvalue weighted by molar-refractivity contribution is -0.139. The molecule has 6 heteroatoms. The molecular weight excluding hydrogens is 424 g/mol. The minimum absolute atomic E-state index is 0.178. The number of piperazine rings is 1. The highest BCUT2D eigenvalue weighted by atomic mass is 16.5. The van der Waals surface area contributed by atoms with Crippen LogP contribution in [0, 0.1) is 5.92 Å². The van der Waals surface area contributed by atoms with Gasteiger partial charge in [-0.05, 0) is 78.2 Å². The topological polar surface area (TPSA) is 48.9 Å². The molecule has 2 aliphatic rings. The molecule has 3 aromatic rings. The number of fused-ring (bicyclic) bond motifs is 1. The quantitative estimate of drug-likeness (QED) is 0.562. The van der Waals surface area contributed by atoms with E-state index in [1.165, 1.54) is 21.9 Å². The summed E-state index contributed by atoms with van der Waals surface area (Å²) in [5, 5.41) is 2.44. The molecule has 0 radical (unpaired) electrons. The van der Waals surface area contributed by atoms with Crippen molar-refractivity contribution in [2.75, 3.05) is 46.4 Å². The lowest BCUT2D eigenvalue weighted by atomic mass is 9.94. The zero-order valence-corrected chi connectivity index (χ0v) is 20.0. The van der Waals surface area contributed by atoms with E-state index in [0.717, 1.165) is 70.9 Å². The van der Waals surface area contributed by atoms with Crippen LogP contribution in [-0.2, 0) is 17.9 Å². The second kappa shape index (κ2) is 10.5. The maximum Gasteiger partial charge on any atom is 0.225 e. The third-order valence-corrected chi connectivity index (χ3v) is 7.29. The number of hydrogen-bond donors (Lipinski definition) is 0. The summed E-state index contributed by atoms with van der Waals surface area (Å²) in [4.78, 5) is 24.3. The molecular formula is C28H34N4O2. The number of hydrogen-bond acceptors (Lipinski definition) is 5. The largest absolute Gasteiger partial charge is 0.497 e. The number of methoxy groups -OCH3 is 1. The molecule has 2 aromatic carbocycles. The Balaban J connectivity index is 1.09. The molecule has 178 valence electrons. The summed E-state index contributed by atoms with van der Waals surface area (Å²) in [6.45, 7) is 7.41. The number of carbonyl (C=O) groups excluding carboxylic acids is 1. The fourth-order valence-corrected chi connectivity index (χ4v) is 5.23. The van der Waals surface area contributed by atoms with Crippen molar-refractivity contribution in [2.24, 2.45) is 5.92 Å². The maximum atomic E-state index is 13.2. The SMILES string of the molecule is COc1ccc2cc(CN3CCN(C(=O)C4CCN(Cc5ccncc5)CC4)CC3)ccc2c1.